The predicted molar refractivity (Wildman–Crippen MR) is 95.3 cm³/mol. The average Bonchev–Trinajstić information content (AvgIpc) is 2.65. The molecule has 0 spiro atoms. The van der Waals surface area contributed by atoms with E-state index in [1.165, 1.54) is 26.4 Å². The summed E-state index contributed by atoms with van der Waals surface area (Å²) in [6.45, 7) is 1.14. The summed E-state index contributed by atoms with van der Waals surface area (Å²) >= 11 is 11.9. The third-order valence-electron chi connectivity index (χ3n) is 3.45. The van der Waals surface area contributed by atoms with Crippen LogP contribution < -0.4 is 9.47 Å². The second-order valence-corrected chi connectivity index (χ2v) is 6.27. The smallest absolute Gasteiger partial charge is 0.420 e. The SMILES string of the molecule is COc1ccc(COC(=O)c2ccccc2C(Cl)(Cl)O[C]=O)cc1OC. The molecule has 0 saturated heterocycles. The Kier molecular flexibility index (Phi) is 6.71. The van der Waals surface area contributed by atoms with Crippen molar-refractivity contribution in [3.05, 3.63) is 59.2 Å². The van der Waals surface area contributed by atoms with E-state index in [-0.39, 0.29) is 17.7 Å². The Morgan fingerprint density at radius 2 is 1.77 bits per heavy atom. The molecule has 0 N–H and O–H groups in total. The van der Waals surface area contributed by atoms with Gasteiger partial charge in [0.2, 0.25) is 0 Å². The lowest BCUT2D eigenvalue weighted by Gasteiger charge is -2.19. The van der Waals surface area contributed by atoms with Gasteiger partial charge in [0.15, 0.2) is 11.5 Å². The maximum Gasteiger partial charge on any atom is 0.420 e. The molecular formula is C18H15Cl2O6. The summed E-state index contributed by atoms with van der Waals surface area (Å²) in [5, 5.41) is 0. The predicted octanol–water partition coefficient (Wildman–Crippen LogP) is 3.73. The standard InChI is InChI=1S/C18H15Cl2O6/c1-23-15-8-7-12(9-16(15)24-2)10-25-17(22)13-5-3-4-6-14(13)18(19,20)26-11-21/h3-9H,10H2,1-2H3. The van der Waals surface area contributed by atoms with Crippen molar-refractivity contribution in [3.8, 4) is 11.5 Å². The molecule has 2 aromatic rings. The summed E-state index contributed by atoms with van der Waals surface area (Å²) in [5.74, 6) is 0.386. The fourth-order valence-electron chi connectivity index (χ4n) is 2.22. The van der Waals surface area contributed by atoms with E-state index in [2.05, 4.69) is 4.74 Å². The van der Waals surface area contributed by atoms with Crippen LogP contribution in [0.1, 0.15) is 21.5 Å². The normalized spacial score (nSPS) is 10.8. The van der Waals surface area contributed by atoms with Gasteiger partial charge in [-0.05, 0) is 23.8 Å². The van der Waals surface area contributed by atoms with Crippen molar-refractivity contribution >= 4 is 35.6 Å². The van der Waals surface area contributed by atoms with Gasteiger partial charge in [-0.25, -0.2) is 9.59 Å². The number of halogens is 2. The number of carbonyl (C=O) groups excluding carboxylic acids is 2. The summed E-state index contributed by atoms with van der Waals surface area (Å²) in [7, 11) is 3.03. The third kappa shape index (κ3) is 4.59. The van der Waals surface area contributed by atoms with Crippen molar-refractivity contribution in [2.45, 2.75) is 11.1 Å². The van der Waals surface area contributed by atoms with E-state index in [4.69, 9.17) is 37.4 Å². The Balaban J connectivity index is 2.18. The Bertz CT molecular complexity index is 791. The van der Waals surface area contributed by atoms with Crippen LogP contribution in [0.25, 0.3) is 0 Å². The highest BCUT2D eigenvalue weighted by atomic mass is 35.5. The number of ether oxygens (including phenoxy) is 4. The molecule has 2 aromatic carbocycles. The molecule has 1 radical (unpaired) electrons. The average molecular weight is 398 g/mol. The molecule has 6 nitrogen and oxygen atoms in total. The van der Waals surface area contributed by atoms with Crippen LogP contribution in [0.4, 0.5) is 0 Å². The quantitative estimate of drug-likeness (QED) is 0.499. The topological polar surface area (TPSA) is 71.1 Å². The highest BCUT2D eigenvalue weighted by Gasteiger charge is 2.33. The van der Waals surface area contributed by atoms with Crippen LogP contribution in [0, 0.1) is 0 Å². The van der Waals surface area contributed by atoms with Gasteiger partial charge in [-0.2, -0.15) is 0 Å². The van der Waals surface area contributed by atoms with E-state index in [1.54, 1.807) is 30.3 Å². The second kappa shape index (κ2) is 8.78. The molecule has 0 saturated carbocycles. The molecule has 0 aliphatic rings. The Morgan fingerprint density at radius 1 is 1.08 bits per heavy atom. The minimum absolute atomic E-state index is 0.0221. The minimum atomic E-state index is -2.05. The second-order valence-electron chi connectivity index (χ2n) is 5.01. The van der Waals surface area contributed by atoms with Gasteiger partial charge >= 0.3 is 12.4 Å². The van der Waals surface area contributed by atoms with Gasteiger partial charge in [-0.1, -0.05) is 47.5 Å². The summed E-state index contributed by atoms with van der Waals surface area (Å²) in [4.78, 5) is 22.9. The summed E-state index contributed by atoms with van der Waals surface area (Å²) in [6.07, 6.45) is 0. The lowest BCUT2D eigenvalue weighted by molar-refractivity contribution is 0.0467. The van der Waals surface area contributed by atoms with Crippen molar-refractivity contribution in [3.63, 3.8) is 0 Å². The fourth-order valence-corrected chi connectivity index (χ4v) is 2.61. The Labute approximate surface area is 160 Å². The summed E-state index contributed by atoms with van der Waals surface area (Å²) < 4.78 is 18.1. The van der Waals surface area contributed by atoms with Gasteiger partial charge in [0.1, 0.15) is 6.61 Å². The number of alkyl halides is 2. The molecule has 0 bridgehead atoms. The lowest BCUT2D eigenvalue weighted by Crippen LogP contribution is -2.20. The van der Waals surface area contributed by atoms with Gasteiger partial charge in [-0.15, -0.1) is 0 Å². The number of benzene rings is 2. The number of esters is 1. The van der Waals surface area contributed by atoms with Crippen LogP contribution in [0.15, 0.2) is 42.5 Å². The van der Waals surface area contributed by atoms with Crippen LogP contribution in [0.3, 0.4) is 0 Å². The van der Waals surface area contributed by atoms with E-state index in [0.29, 0.717) is 17.1 Å². The van der Waals surface area contributed by atoms with E-state index < -0.39 is 10.5 Å². The molecule has 26 heavy (non-hydrogen) atoms. The first-order valence-corrected chi connectivity index (χ1v) is 8.09. The van der Waals surface area contributed by atoms with Crippen LogP contribution >= 0.6 is 23.2 Å². The fraction of sp³-hybridized carbons (Fsp3) is 0.222. The number of methoxy groups -OCH3 is 2. The van der Waals surface area contributed by atoms with E-state index >= 15 is 0 Å². The van der Waals surface area contributed by atoms with E-state index in [1.807, 2.05) is 0 Å². The van der Waals surface area contributed by atoms with Crippen molar-refractivity contribution in [2.24, 2.45) is 0 Å². The number of rotatable bonds is 8. The lowest BCUT2D eigenvalue weighted by atomic mass is 10.1. The van der Waals surface area contributed by atoms with Crippen molar-refractivity contribution < 1.29 is 28.5 Å². The summed E-state index contributed by atoms with van der Waals surface area (Å²) in [5.41, 5.74) is 0.825. The zero-order chi connectivity index (χ0) is 19.2. The molecular weight excluding hydrogens is 383 g/mol. The molecule has 0 amide bonds. The van der Waals surface area contributed by atoms with Crippen molar-refractivity contribution in [2.75, 3.05) is 14.2 Å². The molecule has 0 aromatic heterocycles. The number of hydrogen-bond donors (Lipinski definition) is 0. The highest BCUT2D eigenvalue weighted by molar-refractivity contribution is 6.47. The zero-order valence-electron chi connectivity index (χ0n) is 14.0. The van der Waals surface area contributed by atoms with Gasteiger partial charge in [-0.3, -0.25) is 0 Å². The zero-order valence-corrected chi connectivity index (χ0v) is 15.5. The molecule has 2 rings (SSSR count). The van der Waals surface area contributed by atoms with E-state index in [0.717, 1.165) is 6.47 Å². The van der Waals surface area contributed by atoms with Crippen molar-refractivity contribution in [1.82, 2.24) is 0 Å². The molecule has 0 fully saturated rings. The van der Waals surface area contributed by atoms with Crippen LogP contribution in [0.2, 0.25) is 0 Å². The molecule has 0 unspecified atom stereocenters. The first-order valence-electron chi connectivity index (χ1n) is 7.33. The molecule has 0 atom stereocenters. The Morgan fingerprint density at radius 3 is 2.42 bits per heavy atom. The van der Waals surface area contributed by atoms with Gasteiger partial charge in [0, 0.05) is 5.56 Å². The highest BCUT2D eigenvalue weighted by Crippen LogP contribution is 2.37. The molecule has 137 valence electrons. The third-order valence-corrected chi connectivity index (χ3v) is 4.01. The van der Waals surface area contributed by atoms with Gasteiger partial charge in [0.05, 0.1) is 19.8 Å². The maximum atomic E-state index is 12.4. The van der Waals surface area contributed by atoms with E-state index in [9.17, 15) is 9.59 Å². The van der Waals surface area contributed by atoms with Gasteiger partial charge in [0.25, 0.3) is 4.52 Å². The first kappa shape index (κ1) is 19.9. The van der Waals surface area contributed by atoms with Crippen molar-refractivity contribution in [1.29, 1.82) is 0 Å². The maximum absolute atomic E-state index is 12.4. The van der Waals surface area contributed by atoms with Crippen LogP contribution in [-0.2, 0) is 25.4 Å². The first-order chi connectivity index (χ1) is 12.4. The Hall–Kier alpha value is -2.44. The number of hydrogen-bond acceptors (Lipinski definition) is 6. The molecule has 0 heterocycles. The van der Waals surface area contributed by atoms with Crippen LogP contribution in [0.5, 0.6) is 11.5 Å². The number of carbonyl (C=O) groups is 1. The summed E-state index contributed by atoms with van der Waals surface area (Å²) in [6, 6.07) is 11.2. The largest absolute Gasteiger partial charge is 0.493 e. The molecule has 0 aliphatic carbocycles. The van der Waals surface area contributed by atoms with Crippen LogP contribution in [-0.4, -0.2) is 26.7 Å². The minimum Gasteiger partial charge on any atom is -0.493 e. The van der Waals surface area contributed by atoms with Gasteiger partial charge < -0.3 is 18.9 Å². The monoisotopic (exact) mass is 397 g/mol. The molecule has 8 heteroatoms. The molecule has 0 aliphatic heterocycles.